The lowest BCUT2D eigenvalue weighted by Gasteiger charge is -2.25. The quantitative estimate of drug-likeness (QED) is 0.872. The van der Waals surface area contributed by atoms with Gasteiger partial charge in [-0.15, -0.1) is 0 Å². The van der Waals surface area contributed by atoms with E-state index in [-0.39, 0.29) is 6.61 Å². The fraction of sp³-hybridized carbons (Fsp3) is 0.467. The molecule has 6 nitrogen and oxygen atoms in total. The van der Waals surface area contributed by atoms with Crippen molar-refractivity contribution in [1.29, 1.82) is 0 Å². The van der Waals surface area contributed by atoms with Crippen molar-refractivity contribution in [3.8, 4) is 0 Å². The summed E-state index contributed by atoms with van der Waals surface area (Å²) in [6, 6.07) is 7.19. The van der Waals surface area contributed by atoms with Crippen LogP contribution in [0.4, 0.5) is 18.0 Å². The van der Waals surface area contributed by atoms with Crippen LogP contribution < -0.4 is 0 Å². The third kappa shape index (κ3) is 3.97. The monoisotopic (exact) mass is 347 g/mol. The van der Waals surface area contributed by atoms with Crippen molar-refractivity contribution in [2.24, 2.45) is 0 Å². The number of nitrogens with zero attached hydrogens (tertiary/aromatic N) is 1. The van der Waals surface area contributed by atoms with Crippen LogP contribution in [0.3, 0.4) is 0 Å². The third-order valence-corrected chi connectivity index (χ3v) is 3.82. The number of benzene rings is 1. The highest BCUT2D eigenvalue weighted by Crippen LogP contribution is 2.41. The van der Waals surface area contributed by atoms with Gasteiger partial charge < -0.3 is 19.8 Å². The van der Waals surface area contributed by atoms with E-state index in [2.05, 4.69) is 0 Å². The number of rotatable bonds is 4. The van der Waals surface area contributed by atoms with Crippen molar-refractivity contribution in [2.45, 2.75) is 37.3 Å². The second-order valence-corrected chi connectivity index (χ2v) is 5.65. The largest absolute Gasteiger partial charge is 0.481 e. The third-order valence-electron chi connectivity index (χ3n) is 3.82. The molecule has 0 spiro atoms. The second-order valence-electron chi connectivity index (χ2n) is 5.65. The van der Waals surface area contributed by atoms with Crippen molar-refractivity contribution in [3.63, 3.8) is 0 Å². The van der Waals surface area contributed by atoms with Gasteiger partial charge in [-0.05, 0) is 5.56 Å². The molecule has 1 fully saturated rings. The smallest absolute Gasteiger partial charge is 0.419 e. The predicted octanol–water partition coefficient (Wildman–Crippen LogP) is 2.17. The van der Waals surface area contributed by atoms with E-state index < -0.39 is 49.3 Å². The Kier molecular flexibility index (Phi) is 5.02. The van der Waals surface area contributed by atoms with Crippen molar-refractivity contribution >= 4 is 12.1 Å². The fourth-order valence-corrected chi connectivity index (χ4v) is 2.58. The van der Waals surface area contributed by atoms with Crippen LogP contribution in [0.25, 0.3) is 0 Å². The number of carbonyl (C=O) groups is 2. The van der Waals surface area contributed by atoms with Crippen molar-refractivity contribution < 1.29 is 37.7 Å². The van der Waals surface area contributed by atoms with Crippen molar-refractivity contribution in [2.75, 3.05) is 6.54 Å². The summed E-state index contributed by atoms with van der Waals surface area (Å²) >= 11 is 0. The molecular weight excluding hydrogens is 331 g/mol. The predicted molar refractivity (Wildman–Crippen MR) is 75.0 cm³/mol. The Bertz CT molecular complexity index is 607. The van der Waals surface area contributed by atoms with E-state index >= 15 is 0 Å². The molecule has 1 aromatic rings. The number of carboxylic acids is 1. The van der Waals surface area contributed by atoms with Gasteiger partial charge in [-0.2, -0.15) is 13.2 Å². The number of ether oxygens (including phenoxy) is 1. The van der Waals surface area contributed by atoms with Gasteiger partial charge in [0.05, 0.1) is 13.0 Å². The van der Waals surface area contributed by atoms with Crippen LogP contribution in [-0.4, -0.2) is 51.5 Å². The lowest BCUT2D eigenvalue weighted by atomic mass is 9.98. The zero-order valence-electron chi connectivity index (χ0n) is 12.5. The molecule has 2 rings (SSSR count). The van der Waals surface area contributed by atoms with Crippen LogP contribution in [0.15, 0.2) is 30.3 Å². The number of aliphatic carboxylic acids is 1. The molecule has 2 unspecified atom stereocenters. The van der Waals surface area contributed by atoms with Gasteiger partial charge in [-0.3, -0.25) is 4.79 Å². The number of alkyl halides is 3. The van der Waals surface area contributed by atoms with Gasteiger partial charge in [0.1, 0.15) is 6.61 Å². The van der Waals surface area contributed by atoms with Crippen LogP contribution in [0.5, 0.6) is 0 Å². The summed E-state index contributed by atoms with van der Waals surface area (Å²) in [7, 11) is 0. The van der Waals surface area contributed by atoms with Crippen LogP contribution in [-0.2, 0) is 16.1 Å². The molecule has 9 heteroatoms. The Labute approximate surface area is 135 Å². The first kappa shape index (κ1) is 18.1. The standard InChI is InChI=1S/C15H16F3NO5/c16-15(17,18)14(23)7-11(6-12(20)21)19(9-14)13(22)24-8-10-4-2-1-3-5-10/h1-5,11,23H,6-9H2,(H,20,21). The molecule has 1 amide bonds. The number of amides is 1. The first-order valence-corrected chi connectivity index (χ1v) is 7.10. The van der Waals surface area contributed by atoms with Gasteiger partial charge in [0, 0.05) is 12.5 Å². The highest BCUT2D eigenvalue weighted by Gasteiger charge is 2.61. The molecule has 1 aliphatic rings. The molecule has 1 aromatic carbocycles. The highest BCUT2D eigenvalue weighted by molar-refractivity contribution is 5.72. The number of halogens is 3. The van der Waals surface area contributed by atoms with E-state index in [0.29, 0.717) is 10.5 Å². The van der Waals surface area contributed by atoms with Gasteiger partial charge in [0.15, 0.2) is 5.60 Å². The Morgan fingerprint density at radius 2 is 1.92 bits per heavy atom. The number of hydrogen-bond donors (Lipinski definition) is 2. The summed E-state index contributed by atoms with van der Waals surface area (Å²) < 4.78 is 43.8. The maximum Gasteiger partial charge on any atom is 0.419 e. The highest BCUT2D eigenvalue weighted by atomic mass is 19.4. The summed E-state index contributed by atoms with van der Waals surface area (Å²) in [5.74, 6) is -1.37. The average molecular weight is 347 g/mol. The first-order chi connectivity index (χ1) is 11.1. The first-order valence-electron chi connectivity index (χ1n) is 7.10. The molecule has 0 aliphatic carbocycles. The number of aliphatic hydroxyl groups is 1. The maximum absolute atomic E-state index is 13.0. The number of carboxylic acid groups (broad SMARTS) is 1. The zero-order valence-corrected chi connectivity index (χ0v) is 12.5. The summed E-state index contributed by atoms with van der Waals surface area (Å²) in [4.78, 5) is 23.5. The Morgan fingerprint density at radius 3 is 2.46 bits per heavy atom. The van der Waals surface area contributed by atoms with E-state index in [1.165, 1.54) is 0 Å². The molecular formula is C15H16F3NO5. The summed E-state index contributed by atoms with van der Waals surface area (Å²) in [5, 5.41) is 18.6. The second kappa shape index (κ2) is 6.68. The van der Waals surface area contributed by atoms with E-state index in [1.54, 1.807) is 30.3 Å². The Morgan fingerprint density at radius 1 is 1.29 bits per heavy atom. The van der Waals surface area contributed by atoms with Crippen LogP contribution in [0, 0.1) is 0 Å². The zero-order chi connectivity index (χ0) is 18.0. The Hall–Kier alpha value is -2.29. The van der Waals surface area contributed by atoms with Crippen LogP contribution in [0.1, 0.15) is 18.4 Å². The molecule has 0 aromatic heterocycles. The average Bonchev–Trinajstić information content (AvgIpc) is 2.83. The number of carbonyl (C=O) groups excluding carboxylic acids is 1. The number of likely N-dealkylation sites (tertiary alicyclic amines) is 1. The minimum Gasteiger partial charge on any atom is -0.481 e. The minimum absolute atomic E-state index is 0.166. The van der Waals surface area contributed by atoms with Crippen LogP contribution >= 0.6 is 0 Å². The lowest BCUT2D eigenvalue weighted by Crippen LogP contribution is -2.48. The van der Waals surface area contributed by atoms with E-state index in [0.717, 1.165) is 0 Å². The van der Waals surface area contributed by atoms with Crippen molar-refractivity contribution in [3.05, 3.63) is 35.9 Å². The van der Waals surface area contributed by atoms with E-state index in [4.69, 9.17) is 9.84 Å². The van der Waals surface area contributed by atoms with E-state index in [1.807, 2.05) is 0 Å². The molecule has 1 aliphatic heterocycles. The minimum atomic E-state index is -4.97. The summed E-state index contributed by atoms with van der Waals surface area (Å²) in [6.07, 6.45) is -7.68. The molecule has 0 bridgehead atoms. The molecule has 132 valence electrons. The normalized spacial score (nSPS) is 24.0. The van der Waals surface area contributed by atoms with Gasteiger partial charge in [0.25, 0.3) is 0 Å². The maximum atomic E-state index is 13.0. The van der Waals surface area contributed by atoms with Gasteiger partial charge in [-0.25, -0.2) is 4.79 Å². The van der Waals surface area contributed by atoms with Gasteiger partial charge in [-0.1, -0.05) is 30.3 Å². The van der Waals surface area contributed by atoms with Gasteiger partial charge in [0.2, 0.25) is 0 Å². The topological polar surface area (TPSA) is 87.1 Å². The molecule has 2 atom stereocenters. The molecule has 0 saturated carbocycles. The van der Waals surface area contributed by atoms with Crippen molar-refractivity contribution in [1.82, 2.24) is 4.90 Å². The van der Waals surface area contributed by atoms with E-state index in [9.17, 15) is 27.9 Å². The molecule has 0 radical (unpaired) electrons. The SMILES string of the molecule is O=C(O)CC1CC(O)(C(F)(F)F)CN1C(=O)OCc1ccccc1. The number of β-amino-alcohol motifs (C(OH)–C–C–N with tert-alkyl or cyclic N) is 1. The van der Waals surface area contributed by atoms with Gasteiger partial charge >= 0.3 is 18.2 Å². The summed E-state index contributed by atoms with van der Waals surface area (Å²) in [6.45, 7) is -1.22. The summed E-state index contributed by atoms with van der Waals surface area (Å²) in [5.41, 5.74) is -2.51. The molecule has 24 heavy (non-hydrogen) atoms. The Balaban J connectivity index is 2.09. The molecule has 1 saturated heterocycles. The molecule has 2 N–H and O–H groups in total. The molecule has 1 heterocycles. The van der Waals surface area contributed by atoms with Crippen LogP contribution in [0.2, 0.25) is 0 Å². The number of hydrogen-bond acceptors (Lipinski definition) is 4. The lowest BCUT2D eigenvalue weighted by molar-refractivity contribution is -0.253. The fourth-order valence-electron chi connectivity index (χ4n) is 2.58.